The standard InChI is InChI=1S/C54H88O6/c1-4-7-10-13-16-19-22-25-27-30-32-35-38-41-44-47-53(56)59-50-51(49-58-52(55)46-43-40-37-34-31-28-24-21-18-15-12-9-6-3)60-54(57)48-45-42-39-36-33-29-26-23-20-17-14-11-8-5-2/h7,9-10,12-13,15-16,18-19,21-22,24-25,27,30,32,51H,4-6,8,11,14,17,20,23,26,28-29,31,33-50H2,1-3H3/b10-7-,12-9-,16-13-,18-15-,22-19-,24-21-,27-25-,32-30-. The Balaban J connectivity index is 4.50. The molecule has 0 bridgehead atoms. The van der Waals surface area contributed by atoms with Crippen LogP contribution in [0.15, 0.2) is 97.2 Å². The van der Waals surface area contributed by atoms with Gasteiger partial charge in [0.1, 0.15) is 13.2 Å². The van der Waals surface area contributed by atoms with Crippen LogP contribution in [0.25, 0.3) is 0 Å². The van der Waals surface area contributed by atoms with Crippen LogP contribution in [0.4, 0.5) is 0 Å². The van der Waals surface area contributed by atoms with E-state index in [-0.39, 0.29) is 31.1 Å². The second-order valence-electron chi connectivity index (χ2n) is 15.8. The Kier molecular flexibility index (Phi) is 45.1. The van der Waals surface area contributed by atoms with E-state index in [0.29, 0.717) is 19.3 Å². The zero-order valence-corrected chi connectivity index (χ0v) is 38.7. The van der Waals surface area contributed by atoms with Crippen molar-refractivity contribution >= 4 is 17.9 Å². The van der Waals surface area contributed by atoms with E-state index in [2.05, 4.69) is 69.4 Å². The molecular weight excluding hydrogens is 745 g/mol. The molecule has 6 nitrogen and oxygen atoms in total. The van der Waals surface area contributed by atoms with Gasteiger partial charge in [-0.2, -0.15) is 0 Å². The summed E-state index contributed by atoms with van der Waals surface area (Å²) in [5.41, 5.74) is 0. The van der Waals surface area contributed by atoms with Crippen molar-refractivity contribution in [3.63, 3.8) is 0 Å². The van der Waals surface area contributed by atoms with Gasteiger partial charge in [-0.1, -0.05) is 227 Å². The van der Waals surface area contributed by atoms with Gasteiger partial charge in [0.15, 0.2) is 6.10 Å². The third-order valence-electron chi connectivity index (χ3n) is 10.0. The molecule has 0 aromatic rings. The topological polar surface area (TPSA) is 78.9 Å². The van der Waals surface area contributed by atoms with Gasteiger partial charge < -0.3 is 14.2 Å². The minimum absolute atomic E-state index is 0.102. The first-order valence-corrected chi connectivity index (χ1v) is 24.3. The first-order chi connectivity index (χ1) is 29.5. The summed E-state index contributed by atoms with van der Waals surface area (Å²) < 4.78 is 16.7. The summed E-state index contributed by atoms with van der Waals surface area (Å²) in [6.45, 7) is 6.29. The summed E-state index contributed by atoms with van der Waals surface area (Å²) in [6, 6.07) is 0. The SMILES string of the molecule is CC\C=C/C=C\C=C/C=C\C=C/CCCCCC(=O)OCC(COC(=O)CCCCCCC\C=C/C=C\C=C/CC)OC(=O)CCCCCCCCCCCCCCCC. The summed E-state index contributed by atoms with van der Waals surface area (Å²) in [5, 5.41) is 0. The van der Waals surface area contributed by atoms with Gasteiger partial charge in [0.2, 0.25) is 0 Å². The molecule has 1 atom stereocenters. The first kappa shape index (κ1) is 56.3. The molecule has 6 heteroatoms. The average Bonchev–Trinajstić information content (AvgIpc) is 3.24. The maximum Gasteiger partial charge on any atom is 0.306 e. The summed E-state index contributed by atoms with van der Waals surface area (Å²) in [6.07, 6.45) is 62.4. The molecule has 0 saturated heterocycles. The molecule has 60 heavy (non-hydrogen) atoms. The van der Waals surface area contributed by atoms with Crippen LogP contribution >= 0.6 is 0 Å². The van der Waals surface area contributed by atoms with Gasteiger partial charge in [-0.15, -0.1) is 0 Å². The van der Waals surface area contributed by atoms with Crippen LogP contribution in [0.3, 0.4) is 0 Å². The molecule has 0 aliphatic heterocycles. The highest BCUT2D eigenvalue weighted by molar-refractivity contribution is 5.71. The first-order valence-electron chi connectivity index (χ1n) is 24.3. The summed E-state index contributed by atoms with van der Waals surface area (Å²) >= 11 is 0. The average molecular weight is 833 g/mol. The third-order valence-corrected chi connectivity index (χ3v) is 10.0. The fraction of sp³-hybridized carbons (Fsp3) is 0.648. The van der Waals surface area contributed by atoms with Crippen LogP contribution in [-0.4, -0.2) is 37.2 Å². The molecule has 0 fully saturated rings. The molecule has 0 aromatic heterocycles. The second kappa shape index (κ2) is 48.0. The number of carbonyl (C=O) groups excluding carboxylic acids is 3. The van der Waals surface area contributed by atoms with Crippen molar-refractivity contribution < 1.29 is 28.6 Å². The van der Waals surface area contributed by atoms with E-state index >= 15 is 0 Å². The van der Waals surface area contributed by atoms with Crippen molar-refractivity contribution in [1.82, 2.24) is 0 Å². The molecule has 0 spiro atoms. The lowest BCUT2D eigenvalue weighted by atomic mass is 10.0. The molecule has 1 unspecified atom stereocenters. The number of carbonyl (C=O) groups is 3. The highest BCUT2D eigenvalue weighted by atomic mass is 16.6. The van der Waals surface area contributed by atoms with E-state index in [1.807, 2.05) is 48.6 Å². The number of ether oxygens (including phenoxy) is 3. The van der Waals surface area contributed by atoms with Crippen LogP contribution in [0.1, 0.15) is 207 Å². The largest absolute Gasteiger partial charge is 0.462 e. The minimum atomic E-state index is -0.801. The smallest absolute Gasteiger partial charge is 0.306 e. The number of allylic oxidation sites excluding steroid dienone is 16. The molecule has 0 rings (SSSR count). The lowest BCUT2D eigenvalue weighted by Gasteiger charge is -2.18. The highest BCUT2D eigenvalue weighted by Gasteiger charge is 2.19. The van der Waals surface area contributed by atoms with Gasteiger partial charge in [-0.05, 0) is 57.8 Å². The third kappa shape index (κ3) is 45.4. The van der Waals surface area contributed by atoms with E-state index in [4.69, 9.17) is 14.2 Å². The quantitative estimate of drug-likeness (QED) is 0.0264. The molecule has 0 radical (unpaired) electrons. The lowest BCUT2D eigenvalue weighted by Crippen LogP contribution is -2.30. The van der Waals surface area contributed by atoms with E-state index < -0.39 is 6.10 Å². The van der Waals surface area contributed by atoms with E-state index in [0.717, 1.165) is 96.3 Å². The summed E-state index contributed by atoms with van der Waals surface area (Å²) in [4.78, 5) is 37.9. The lowest BCUT2D eigenvalue weighted by molar-refractivity contribution is -0.167. The van der Waals surface area contributed by atoms with Crippen molar-refractivity contribution in [2.24, 2.45) is 0 Å². The van der Waals surface area contributed by atoms with Crippen molar-refractivity contribution in [3.05, 3.63) is 97.2 Å². The summed E-state index contributed by atoms with van der Waals surface area (Å²) in [5.74, 6) is -0.967. The Morgan fingerprint density at radius 3 is 1.03 bits per heavy atom. The Labute approximate surface area is 368 Å². The number of hydrogen-bond donors (Lipinski definition) is 0. The molecule has 0 N–H and O–H groups in total. The maximum absolute atomic E-state index is 12.8. The molecule has 0 heterocycles. The monoisotopic (exact) mass is 833 g/mol. The van der Waals surface area contributed by atoms with Crippen LogP contribution in [0, 0.1) is 0 Å². The van der Waals surface area contributed by atoms with Crippen molar-refractivity contribution in [2.75, 3.05) is 13.2 Å². The predicted octanol–water partition coefficient (Wildman–Crippen LogP) is 15.8. The normalized spacial score (nSPS) is 12.9. The molecule has 340 valence electrons. The zero-order chi connectivity index (χ0) is 43.7. The maximum atomic E-state index is 12.8. The molecule has 0 aliphatic carbocycles. The fourth-order valence-corrected chi connectivity index (χ4v) is 6.40. The molecule has 0 saturated carbocycles. The van der Waals surface area contributed by atoms with E-state index in [1.165, 1.54) is 70.6 Å². The number of esters is 3. The number of unbranched alkanes of at least 4 members (excludes halogenated alkanes) is 21. The van der Waals surface area contributed by atoms with Crippen LogP contribution in [0.2, 0.25) is 0 Å². The van der Waals surface area contributed by atoms with Gasteiger partial charge in [-0.3, -0.25) is 14.4 Å². The van der Waals surface area contributed by atoms with Gasteiger partial charge >= 0.3 is 17.9 Å². The van der Waals surface area contributed by atoms with Crippen LogP contribution in [0.5, 0.6) is 0 Å². The van der Waals surface area contributed by atoms with Crippen LogP contribution < -0.4 is 0 Å². The predicted molar refractivity (Wildman–Crippen MR) is 256 cm³/mol. The van der Waals surface area contributed by atoms with Crippen molar-refractivity contribution in [3.8, 4) is 0 Å². The van der Waals surface area contributed by atoms with Gasteiger partial charge in [0.05, 0.1) is 0 Å². The molecule has 0 aromatic carbocycles. The van der Waals surface area contributed by atoms with Gasteiger partial charge in [0.25, 0.3) is 0 Å². The molecule has 0 aliphatic rings. The van der Waals surface area contributed by atoms with E-state index in [1.54, 1.807) is 0 Å². The van der Waals surface area contributed by atoms with Crippen molar-refractivity contribution in [1.29, 1.82) is 0 Å². The minimum Gasteiger partial charge on any atom is -0.462 e. The highest BCUT2D eigenvalue weighted by Crippen LogP contribution is 2.15. The second-order valence-corrected chi connectivity index (χ2v) is 15.8. The summed E-state index contributed by atoms with van der Waals surface area (Å²) in [7, 11) is 0. The Hall–Kier alpha value is -3.67. The van der Waals surface area contributed by atoms with E-state index in [9.17, 15) is 14.4 Å². The molecule has 0 amide bonds. The number of hydrogen-bond acceptors (Lipinski definition) is 6. The Bertz CT molecular complexity index is 1230. The van der Waals surface area contributed by atoms with Gasteiger partial charge in [0, 0.05) is 19.3 Å². The molecular formula is C54H88O6. The Morgan fingerprint density at radius 2 is 0.650 bits per heavy atom. The zero-order valence-electron chi connectivity index (χ0n) is 38.7. The number of rotatable bonds is 42. The van der Waals surface area contributed by atoms with Crippen molar-refractivity contribution in [2.45, 2.75) is 213 Å². The van der Waals surface area contributed by atoms with Crippen LogP contribution in [-0.2, 0) is 28.6 Å². The fourth-order valence-electron chi connectivity index (χ4n) is 6.40. The van der Waals surface area contributed by atoms with Gasteiger partial charge in [-0.25, -0.2) is 0 Å². The Morgan fingerprint density at radius 1 is 0.350 bits per heavy atom.